The molecule has 0 unspecified atom stereocenters. The Morgan fingerprint density at radius 1 is 1.25 bits per heavy atom. The van der Waals surface area contributed by atoms with E-state index in [1.165, 1.54) is 16.0 Å². The molecule has 3 heterocycles. The maximum Gasteiger partial charge on any atom is 0.310 e. The maximum absolute atomic E-state index is 12.3. The van der Waals surface area contributed by atoms with E-state index in [0.717, 1.165) is 28.5 Å². The molecule has 4 aromatic rings. The lowest BCUT2D eigenvalue weighted by molar-refractivity contribution is -0.144. The smallest absolute Gasteiger partial charge is 0.310 e. The molecule has 0 amide bonds. The fourth-order valence-electron chi connectivity index (χ4n) is 3.23. The van der Waals surface area contributed by atoms with Crippen LogP contribution in [0.4, 0.5) is 0 Å². The molecule has 3 aromatic heterocycles. The Bertz CT molecular complexity index is 1240. The lowest BCUT2D eigenvalue weighted by Gasteiger charge is -2.07. The van der Waals surface area contributed by atoms with Crippen molar-refractivity contribution in [2.75, 3.05) is 0 Å². The number of pyridine rings is 1. The molecule has 0 saturated heterocycles. The Kier molecular flexibility index (Phi) is 4.69. The second-order valence-corrected chi connectivity index (χ2v) is 6.75. The first-order valence-electron chi connectivity index (χ1n) is 9.17. The number of aryl methyl sites for hydroxylation is 2. The van der Waals surface area contributed by atoms with E-state index >= 15 is 0 Å². The molecule has 0 atom stereocenters. The van der Waals surface area contributed by atoms with Crippen LogP contribution >= 0.6 is 0 Å². The zero-order chi connectivity index (χ0) is 19.7. The summed E-state index contributed by atoms with van der Waals surface area (Å²) in [5, 5.41) is 0.909. The van der Waals surface area contributed by atoms with Crippen LogP contribution in [-0.2, 0) is 29.0 Å². The van der Waals surface area contributed by atoms with Crippen molar-refractivity contribution in [1.29, 1.82) is 0 Å². The average Bonchev–Trinajstić information content (AvgIpc) is 3.09. The number of aromatic nitrogens is 2. The summed E-state index contributed by atoms with van der Waals surface area (Å²) in [6.07, 6.45) is 4.28. The minimum Gasteiger partial charge on any atom is -0.464 e. The minimum absolute atomic E-state index is 0.0469. The molecule has 28 heavy (non-hydrogen) atoms. The number of hydrogen-bond donors (Lipinski definition) is 0. The standard InChI is InChI=1S/C22H20N2O4/c1-3-15-6-7-18-16(12-27-19(18)9-15)10-21(26)28-13-17-11-20(25)24-8-4-5-14(2)22(24)23-17/h4-9,11-12H,3,10,13H2,1-2H3. The van der Waals surface area contributed by atoms with Crippen molar-refractivity contribution in [1.82, 2.24) is 9.38 Å². The normalized spacial score (nSPS) is 11.2. The highest BCUT2D eigenvalue weighted by Crippen LogP contribution is 2.23. The Balaban J connectivity index is 1.49. The second kappa shape index (κ2) is 7.31. The number of ether oxygens (including phenoxy) is 1. The molecular formula is C22H20N2O4. The van der Waals surface area contributed by atoms with E-state index in [9.17, 15) is 9.59 Å². The third kappa shape index (κ3) is 3.41. The van der Waals surface area contributed by atoms with E-state index < -0.39 is 5.97 Å². The maximum atomic E-state index is 12.3. The van der Waals surface area contributed by atoms with Gasteiger partial charge in [0, 0.05) is 23.2 Å². The minimum atomic E-state index is -0.394. The van der Waals surface area contributed by atoms with Gasteiger partial charge in [0.05, 0.1) is 18.4 Å². The van der Waals surface area contributed by atoms with E-state index in [2.05, 4.69) is 11.9 Å². The number of benzene rings is 1. The molecule has 142 valence electrons. The first kappa shape index (κ1) is 18.0. The van der Waals surface area contributed by atoms with Gasteiger partial charge in [-0.2, -0.15) is 0 Å². The summed E-state index contributed by atoms with van der Waals surface area (Å²) in [5.74, 6) is -0.394. The molecule has 0 fully saturated rings. The van der Waals surface area contributed by atoms with Crippen molar-refractivity contribution >= 4 is 22.6 Å². The summed E-state index contributed by atoms with van der Waals surface area (Å²) in [6, 6.07) is 11.0. The quantitative estimate of drug-likeness (QED) is 0.498. The van der Waals surface area contributed by atoms with Crippen molar-refractivity contribution in [2.24, 2.45) is 0 Å². The van der Waals surface area contributed by atoms with E-state index in [-0.39, 0.29) is 18.6 Å². The molecule has 0 saturated carbocycles. The fraction of sp³-hybridized carbons (Fsp3) is 0.227. The van der Waals surface area contributed by atoms with E-state index in [1.54, 1.807) is 18.5 Å². The Labute approximate surface area is 161 Å². The zero-order valence-corrected chi connectivity index (χ0v) is 15.8. The largest absolute Gasteiger partial charge is 0.464 e. The SMILES string of the molecule is CCc1ccc2c(CC(=O)OCc3cc(=O)n4cccc(C)c4n3)coc2c1. The van der Waals surface area contributed by atoms with Crippen molar-refractivity contribution in [3.05, 3.63) is 81.6 Å². The predicted octanol–water partition coefficient (Wildman–Crippen LogP) is 3.60. The number of fused-ring (bicyclic) bond motifs is 2. The van der Waals surface area contributed by atoms with Crippen LogP contribution in [0.2, 0.25) is 0 Å². The number of rotatable bonds is 5. The third-order valence-corrected chi connectivity index (χ3v) is 4.78. The van der Waals surface area contributed by atoms with Crippen molar-refractivity contribution in [3.8, 4) is 0 Å². The number of esters is 1. The molecule has 0 bridgehead atoms. The number of hydrogen-bond acceptors (Lipinski definition) is 5. The topological polar surface area (TPSA) is 73.8 Å². The van der Waals surface area contributed by atoms with E-state index in [0.29, 0.717) is 11.3 Å². The molecule has 0 N–H and O–H groups in total. The highest BCUT2D eigenvalue weighted by molar-refractivity contribution is 5.86. The van der Waals surface area contributed by atoms with Gasteiger partial charge in [-0.3, -0.25) is 14.0 Å². The predicted molar refractivity (Wildman–Crippen MR) is 105 cm³/mol. The van der Waals surface area contributed by atoms with Gasteiger partial charge in [-0.25, -0.2) is 4.98 Å². The van der Waals surface area contributed by atoms with Crippen molar-refractivity contribution in [2.45, 2.75) is 33.3 Å². The number of furan rings is 1. The zero-order valence-electron chi connectivity index (χ0n) is 15.8. The summed E-state index contributed by atoms with van der Waals surface area (Å²) in [6.45, 7) is 3.91. The van der Waals surface area contributed by atoms with Gasteiger partial charge in [0.25, 0.3) is 5.56 Å². The van der Waals surface area contributed by atoms with Crippen LogP contribution in [0.25, 0.3) is 16.6 Å². The van der Waals surface area contributed by atoms with Gasteiger partial charge in [0.15, 0.2) is 0 Å². The molecule has 6 nitrogen and oxygen atoms in total. The van der Waals surface area contributed by atoms with Crippen LogP contribution in [0.5, 0.6) is 0 Å². The van der Waals surface area contributed by atoms with Gasteiger partial charge < -0.3 is 9.15 Å². The van der Waals surface area contributed by atoms with Gasteiger partial charge in [-0.15, -0.1) is 0 Å². The van der Waals surface area contributed by atoms with Crippen molar-refractivity contribution < 1.29 is 13.9 Å². The lowest BCUT2D eigenvalue weighted by atomic mass is 10.1. The summed E-state index contributed by atoms with van der Waals surface area (Å²) in [4.78, 5) is 29.0. The molecule has 0 aliphatic heterocycles. The van der Waals surface area contributed by atoms with Crippen LogP contribution in [0.15, 0.2) is 58.1 Å². The van der Waals surface area contributed by atoms with Crippen molar-refractivity contribution in [3.63, 3.8) is 0 Å². The monoisotopic (exact) mass is 376 g/mol. The average molecular weight is 376 g/mol. The fourth-order valence-corrected chi connectivity index (χ4v) is 3.23. The second-order valence-electron chi connectivity index (χ2n) is 6.75. The highest BCUT2D eigenvalue weighted by Gasteiger charge is 2.13. The number of carbonyl (C=O) groups excluding carboxylic acids is 1. The van der Waals surface area contributed by atoms with E-state index in [1.807, 2.05) is 31.2 Å². The summed E-state index contributed by atoms with van der Waals surface area (Å²) in [5.41, 5.74) is 4.40. The molecule has 1 aromatic carbocycles. The van der Waals surface area contributed by atoms with Crippen LogP contribution < -0.4 is 5.56 Å². The lowest BCUT2D eigenvalue weighted by Crippen LogP contribution is -2.17. The number of nitrogens with zero attached hydrogens (tertiary/aromatic N) is 2. The molecule has 0 radical (unpaired) electrons. The van der Waals surface area contributed by atoms with Gasteiger partial charge in [-0.05, 0) is 36.6 Å². The van der Waals surface area contributed by atoms with Gasteiger partial charge in [0.1, 0.15) is 17.8 Å². The van der Waals surface area contributed by atoms with E-state index in [4.69, 9.17) is 9.15 Å². The first-order chi connectivity index (χ1) is 13.5. The van der Waals surface area contributed by atoms with Gasteiger partial charge in [0.2, 0.25) is 0 Å². The number of carbonyl (C=O) groups is 1. The van der Waals surface area contributed by atoms with Gasteiger partial charge >= 0.3 is 5.97 Å². The highest BCUT2D eigenvalue weighted by atomic mass is 16.5. The molecule has 0 aliphatic carbocycles. The third-order valence-electron chi connectivity index (χ3n) is 4.78. The summed E-state index contributed by atoms with van der Waals surface area (Å²) >= 11 is 0. The van der Waals surface area contributed by atoms with Crippen LogP contribution in [0, 0.1) is 6.92 Å². The summed E-state index contributed by atoms with van der Waals surface area (Å²) in [7, 11) is 0. The molecule has 6 heteroatoms. The Morgan fingerprint density at radius 2 is 2.11 bits per heavy atom. The Morgan fingerprint density at radius 3 is 2.93 bits per heavy atom. The molecule has 0 aliphatic rings. The van der Waals surface area contributed by atoms with Crippen LogP contribution in [-0.4, -0.2) is 15.4 Å². The molecule has 0 spiro atoms. The summed E-state index contributed by atoms with van der Waals surface area (Å²) < 4.78 is 12.4. The molecule has 4 rings (SSSR count). The molecular weight excluding hydrogens is 356 g/mol. The van der Waals surface area contributed by atoms with Crippen LogP contribution in [0.1, 0.15) is 29.3 Å². The Hall–Kier alpha value is -3.41. The first-order valence-corrected chi connectivity index (χ1v) is 9.17. The van der Waals surface area contributed by atoms with Crippen LogP contribution in [0.3, 0.4) is 0 Å². The van der Waals surface area contributed by atoms with Gasteiger partial charge in [-0.1, -0.05) is 25.1 Å².